The molecule has 0 fully saturated rings. The van der Waals surface area contributed by atoms with Gasteiger partial charge in [0.15, 0.2) is 0 Å². The first-order chi connectivity index (χ1) is 11.5. The minimum atomic E-state index is 0.0349. The molecule has 0 saturated heterocycles. The zero-order valence-electron chi connectivity index (χ0n) is 15.1. The molecule has 0 heterocycles. The SMILES string of the molecule is Cc1ccc(C)c(OCCCC(=O)Nc2ccccc2C(C)C)c1. The summed E-state index contributed by atoms with van der Waals surface area (Å²) in [6.07, 6.45) is 1.15. The van der Waals surface area contributed by atoms with Gasteiger partial charge in [-0.3, -0.25) is 4.79 Å². The molecule has 128 valence electrons. The van der Waals surface area contributed by atoms with Gasteiger partial charge in [0.05, 0.1) is 6.61 Å². The quantitative estimate of drug-likeness (QED) is 0.708. The van der Waals surface area contributed by atoms with Crippen molar-refractivity contribution in [2.45, 2.75) is 46.5 Å². The van der Waals surface area contributed by atoms with Crippen LogP contribution in [0.25, 0.3) is 0 Å². The van der Waals surface area contributed by atoms with Crippen molar-refractivity contribution < 1.29 is 9.53 Å². The molecule has 0 aliphatic rings. The molecule has 24 heavy (non-hydrogen) atoms. The molecule has 2 aromatic rings. The van der Waals surface area contributed by atoms with Gasteiger partial charge < -0.3 is 10.1 Å². The zero-order valence-corrected chi connectivity index (χ0v) is 15.1. The molecular weight excluding hydrogens is 298 g/mol. The molecule has 0 atom stereocenters. The second kappa shape index (κ2) is 8.53. The highest BCUT2D eigenvalue weighted by atomic mass is 16.5. The Kier molecular flexibility index (Phi) is 6.42. The van der Waals surface area contributed by atoms with Crippen molar-refractivity contribution in [3.8, 4) is 5.75 Å². The number of hydrogen-bond donors (Lipinski definition) is 1. The van der Waals surface area contributed by atoms with Crippen molar-refractivity contribution in [2.24, 2.45) is 0 Å². The van der Waals surface area contributed by atoms with Crippen LogP contribution in [0.2, 0.25) is 0 Å². The van der Waals surface area contributed by atoms with E-state index in [1.165, 1.54) is 5.56 Å². The lowest BCUT2D eigenvalue weighted by molar-refractivity contribution is -0.116. The Hall–Kier alpha value is -2.29. The summed E-state index contributed by atoms with van der Waals surface area (Å²) in [6, 6.07) is 14.1. The summed E-state index contributed by atoms with van der Waals surface area (Å²) in [6.45, 7) is 8.88. The van der Waals surface area contributed by atoms with Gasteiger partial charge in [-0.05, 0) is 55.0 Å². The third-order valence-electron chi connectivity index (χ3n) is 4.01. The summed E-state index contributed by atoms with van der Waals surface area (Å²) in [4.78, 5) is 12.2. The third-order valence-corrected chi connectivity index (χ3v) is 4.01. The van der Waals surface area contributed by atoms with E-state index in [-0.39, 0.29) is 5.91 Å². The lowest BCUT2D eigenvalue weighted by Crippen LogP contribution is -2.14. The van der Waals surface area contributed by atoms with Crippen LogP contribution in [0.1, 0.15) is 49.3 Å². The van der Waals surface area contributed by atoms with Crippen molar-refractivity contribution in [3.63, 3.8) is 0 Å². The number of carbonyl (C=O) groups excluding carboxylic acids is 1. The number of carbonyl (C=O) groups is 1. The molecule has 1 N–H and O–H groups in total. The number of ether oxygens (including phenoxy) is 1. The van der Waals surface area contributed by atoms with Crippen LogP contribution in [-0.4, -0.2) is 12.5 Å². The van der Waals surface area contributed by atoms with Crippen molar-refractivity contribution in [3.05, 3.63) is 59.2 Å². The third kappa shape index (κ3) is 5.12. The Morgan fingerprint density at radius 2 is 1.88 bits per heavy atom. The molecule has 0 aliphatic carbocycles. The van der Waals surface area contributed by atoms with Gasteiger partial charge in [-0.15, -0.1) is 0 Å². The van der Waals surface area contributed by atoms with E-state index in [4.69, 9.17) is 4.74 Å². The molecule has 0 radical (unpaired) electrons. The molecule has 2 rings (SSSR count). The highest BCUT2D eigenvalue weighted by molar-refractivity contribution is 5.91. The molecular formula is C21H27NO2. The van der Waals surface area contributed by atoms with E-state index in [2.05, 4.69) is 37.4 Å². The van der Waals surface area contributed by atoms with Crippen molar-refractivity contribution in [2.75, 3.05) is 11.9 Å². The summed E-state index contributed by atoms with van der Waals surface area (Å²) in [5.41, 5.74) is 4.37. The van der Waals surface area contributed by atoms with Crippen LogP contribution in [0.15, 0.2) is 42.5 Å². The minimum Gasteiger partial charge on any atom is -0.493 e. The van der Waals surface area contributed by atoms with Crippen LogP contribution in [0.5, 0.6) is 5.75 Å². The van der Waals surface area contributed by atoms with Gasteiger partial charge in [-0.2, -0.15) is 0 Å². The summed E-state index contributed by atoms with van der Waals surface area (Å²) in [7, 11) is 0. The summed E-state index contributed by atoms with van der Waals surface area (Å²) < 4.78 is 5.80. The lowest BCUT2D eigenvalue weighted by atomic mass is 10.0. The number of hydrogen-bond acceptors (Lipinski definition) is 2. The van der Waals surface area contributed by atoms with Crippen LogP contribution < -0.4 is 10.1 Å². The maximum Gasteiger partial charge on any atom is 0.224 e. The second-order valence-corrected chi connectivity index (χ2v) is 6.51. The predicted molar refractivity (Wildman–Crippen MR) is 99.8 cm³/mol. The first kappa shape index (κ1) is 18.1. The van der Waals surface area contributed by atoms with Gasteiger partial charge in [0.2, 0.25) is 5.91 Å². The topological polar surface area (TPSA) is 38.3 Å². The number of amides is 1. The number of para-hydroxylation sites is 1. The van der Waals surface area contributed by atoms with E-state index in [0.717, 1.165) is 22.6 Å². The average molecular weight is 325 g/mol. The van der Waals surface area contributed by atoms with E-state index in [0.29, 0.717) is 25.4 Å². The van der Waals surface area contributed by atoms with E-state index in [1.54, 1.807) is 0 Å². The van der Waals surface area contributed by atoms with Crippen molar-refractivity contribution in [1.29, 1.82) is 0 Å². The average Bonchev–Trinajstić information content (AvgIpc) is 2.55. The smallest absolute Gasteiger partial charge is 0.224 e. The lowest BCUT2D eigenvalue weighted by Gasteiger charge is -2.14. The normalized spacial score (nSPS) is 10.7. The zero-order chi connectivity index (χ0) is 17.5. The Labute approximate surface area is 145 Å². The summed E-state index contributed by atoms with van der Waals surface area (Å²) >= 11 is 0. The number of benzene rings is 2. The van der Waals surface area contributed by atoms with Crippen LogP contribution in [0.3, 0.4) is 0 Å². The maximum absolute atomic E-state index is 12.2. The second-order valence-electron chi connectivity index (χ2n) is 6.51. The Balaban J connectivity index is 1.81. The summed E-state index contributed by atoms with van der Waals surface area (Å²) in [5, 5.41) is 3.02. The Bertz CT molecular complexity index is 692. The van der Waals surface area contributed by atoms with Gasteiger partial charge in [0, 0.05) is 12.1 Å². The fourth-order valence-corrected chi connectivity index (χ4v) is 2.60. The number of nitrogens with one attached hydrogen (secondary N) is 1. The molecule has 3 nitrogen and oxygen atoms in total. The van der Waals surface area contributed by atoms with Crippen molar-refractivity contribution in [1.82, 2.24) is 0 Å². The molecule has 0 unspecified atom stereocenters. The van der Waals surface area contributed by atoms with E-state index < -0.39 is 0 Å². The van der Waals surface area contributed by atoms with Crippen LogP contribution in [0.4, 0.5) is 5.69 Å². The number of rotatable bonds is 7. The standard InChI is InChI=1S/C21H27NO2/c1-15(2)18-8-5-6-9-19(18)22-21(23)10-7-13-24-20-14-16(3)11-12-17(20)4/h5-6,8-9,11-12,14-15H,7,10,13H2,1-4H3,(H,22,23). The van der Waals surface area contributed by atoms with Gasteiger partial charge in [-0.1, -0.05) is 44.2 Å². The van der Waals surface area contributed by atoms with Crippen molar-refractivity contribution >= 4 is 11.6 Å². The van der Waals surface area contributed by atoms with E-state index in [1.807, 2.05) is 38.1 Å². The molecule has 0 aromatic heterocycles. The fraction of sp³-hybridized carbons (Fsp3) is 0.381. The van der Waals surface area contributed by atoms with E-state index >= 15 is 0 Å². The van der Waals surface area contributed by atoms with Gasteiger partial charge in [0.25, 0.3) is 0 Å². The monoisotopic (exact) mass is 325 g/mol. The molecule has 1 amide bonds. The maximum atomic E-state index is 12.2. The molecule has 0 aliphatic heterocycles. The Morgan fingerprint density at radius 1 is 1.12 bits per heavy atom. The highest BCUT2D eigenvalue weighted by Gasteiger charge is 2.09. The van der Waals surface area contributed by atoms with Gasteiger partial charge in [0.1, 0.15) is 5.75 Å². The first-order valence-electron chi connectivity index (χ1n) is 8.56. The molecule has 3 heteroatoms. The van der Waals surface area contributed by atoms with Crippen LogP contribution in [0, 0.1) is 13.8 Å². The molecule has 0 saturated carbocycles. The van der Waals surface area contributed by atoms with Gasteiger partial charge in [-0.25, -0.2) is 0 Å². The van der Waals surface area contributed by atoms with Crippen LogP contribution >= 0.6 is 0 Å². The largest absolute Gasteiger partial charge is 0.493 e. The predicted octanol–water partition coefficient (Wildman–Crippen LogP) is 5.22. The summed E-state index contributed by atoms with van der Waals surface area (Å²) in [5.74, 6) is 1.32. The highest BCUT2D eigenvalue weighted by Crippen LogP contribution is 2.24. The minimum absolute atomic E-state index is 0.0349. The Morgan fingerprint density at radius 3 is 2.62 bits per heavy atom. The number of aryl methyl sites for hydroxylation is 2. The molecule has 2 aromatic carbocycles. The molecule has 0 bridgehead atoms. The van der Waals surface area contributed by atoms with Crippen LogP contribution in [-0.2, 0) is 4.79 Å². The first-order valence-corrected chi connectivity index (χ1v) is 8.56. The number of anilines is 1. The molecule has 0 spiro atoms. The fourth-order valence-electron chi connectivity index (χ4n) is 2.60. The van der Waals surface area contributed by atoms with Gasteiger partial charge >= 0.3 is 0 Å². The van der Waals surface area contributed by atoms with E-state index in [9.17, 15) is 4.79 Å².